The van der Waals surface area contributed by atoms with Gasteiger partial charge in [-0.3, -0.25) is 4.79 Å². The molecule has 0 radical (unpaired) electrons. The summed E-state index contributed by atoms with van der Waals surface area (Å²) < 4.78 is 34.8. The first-order valence-electron chi connectivity index (χ1n) is 24.9. The van der Waals surface area contributed by atoms with Crippen molar-refractivity contribution in [1.82, 2.24) is 10.2 Å². The molecule has 3 aromatic carbocycles. The maximum Gasteiger partial charge on any atom is 0.412 e. The number of halogens is 1. The Kier molecular flexibility index (Phi) is 20.3. The summed E-state index contributed by atoms with van der Waals surface area (Å²) in [4.78, 5) is 35.8. The first-order chi connectivity index (χ1) is 32.8. The number of hydrogen-bond donors (Lipinski definition) is 3. The number of allylic oxidation sites excluding steroid dienone is 1. The minimum absolute atomic E-state index is 0.0127. The van der Waals surface area contributed by atoms with Gasteiger partial charge in [-0.25, -0.2) is 9.18 Å². The molecule has 1 fully saturated rings. The Balaban J connectivity index is 1.45. The standard InChI is InChI=1S/C55H74FN3O8/c1-4-6-7-8-9-10-11-12-16-25-51(62)59(39-41-26-28-43(56)29-27-41)50-37-48(58-64-3)46-35-42(23-17-19-32-60)45(24-18-20-33-61)52-47-36-44(66-54(63)57-38-40-21-14-13-15-22-40)30-31-49(47)67-55(50,53(46)52)65-34-5-2/h5,13-15,21-22,26-31,35-36,42,45,50,52-53,60-61H,2,4,6-12,16-20,23-25,32-34,37-39H2,1,3H3,(H,57,63). The Labute approximate surface area is 397 Å². The van der Waals surface area contributed by atoms with Gasteiger partial charge < -0.3 is 39.5 Å². The van der Waals surface area contributed by atoms with Crippen LogP contribution < -0.4 is 14.8 Å². The largest absolute Gasteiger partial charge is 0.459 e. The maximum atomic E-state index is 15.0. The number of carbonyl (C=O) groups is 2. The first-order valence-corrected chi connectivity index (χ1v) is 24.9. The van der Waals surface area contributed by atoms with Gasteiger partial charge in [-0.1, -0.05) is 131 Å². The summed E-state index contributed by atoms with van der Waals surface area (Å²) in [5.41, 5.74) is 4.13. The van der Waals surface area contributed by atoms with E-state index in [-0.39, 0.29) is 62.3 Å². The molecule has 2 aliphatic carbocycles. The van der Waals surface area contributed by atoms with Crippen molar-refractivity contribution in [2.45, 2.75) is 147 Å². The molecule has 67 heavy (non-hydrogen) atoms. The molecule has 1 heterocycles. The van der Waals surface area contributed by atoms with Crippen LogP contribution in [0.25, 0.3) is 0 Å². The molecule has 1 aliphatic heterocycles. The predicted octanol–water partition coefficient (Wildman–Crippen LogP) is 11.3. The van der Waals surface area contributed by atoms with Crippen LogP contribution in [0.1, 0.15) is 139 Å². The van der Waals surface area contributed by atoms with Crippen LogP contribution in [0.15, 0.2) is 102 Å². The van der Waals surface area contributed by atoms with Gasteiger partial charge in [-0.2, -0.15) is 0 Å². The third-order valence-corrected chi connectivity index (χ3v) is 13.8. The topological polar surface area (TPSA) is 139 Å². The second kappa shape index (κ2) is 26.5. The lowest BCUT2D eigenvalue weighted by atomic mass is 9.55. The van der Waals surface area contributed by atoms with E-state index in [0.29, 0.717) is 43.0 Å². The van der Waals surface area contributed by atoms with Gasteiger partial charge in [0.1, 0.15) is 30.5 Å². The second-order valence-corrected chi connectivity index (χ2v) is 18.4. The van der Waals surface area contributed by atoms with E-state index < -0.39 is 23.8 Å². The molecule has 0 saturated heterocycles. The van der Waals surface area contributed by atoms with E-state index in [2.05, 4.69) is 24.9 Å². The third kappa shape index (κ3) is 13.6. The molecule has 364 valence electrons. The van der Waals surface area contributed by atoms with Gasteiger partial charge in [0.15, 0.2) is 0 Å². The summed E-state index contributed by atoms with van der Waals surface area (Å²) in [6.07, 6.45) is 18.4. The zero-order valence-corrected chi connectivity index (χ0v) is 39.8. The number of nitrogens with zero attached hydrogens (tertiary/aromatic N) is 2. The van der Waals surface area contributed by atoms with Crippen molar-refractivity contribution in [2.24, 2.45) is 22.9 Å². The second-order valence-electron chi connectivity index (χ2n) is 18.4. The number of nitrogens with one attached hydrogen (secondary N) is 1. The van der Waals surface area contributed by atoms with E-state index >= 15 is 4.79 Å². The Hall–Kier alpha value is -5.04. The van der Waals surface area contributed by atoms with Crippen LogP contribution in [0.5, 0.6) is 11.5 Å². The predicted molar refractivity (Wildman–Crippen MR) is 260 cm³/mol. The fourth-order valence-electron chi connectivity index (χ4n) is 10.6. The fourth-order valence-corrected chi connectivity index (χ4v) is 10.6. The molecule has 3 aromatic rings. The average molecular weight is 924 g/mol. The van der Waals surface area contributed by atoms with Crippen molar-refractivity contribution in [3.63, 3.8) is 0 Å². The molecule has 2 amide bonds. The lowest BCUT2D eigenvalue weighted by Gasteiger charge is -2.60. The number of aliphatic hydroxyl groups excluding tert-OH is 2. The number of fused-ring (bicyclic) bond motifs is 2. The van der Waals surface area contributed by atoms with Crippen molar-refractivity contribution in [3.8, 4) is 11.5 Å². The van der Waals surface area contributed by atoms with Crippen LogP contribution in [0, 0.1) is 23.6 Å². The Bertz CT molecular complexity index is 2080. The fraction of sp³-hybridized carbons (Fsp3) is 0.545. The van der Waals surface area contributed by atoms with E-state index in [1.807, 2.05) is 47.4 Å². The molecular weight excluding hydrogens is 850 g/mol. The highest BCUT2D eigenvalue weighted by Crippen LogP contribution is 2.62. The van der Waals surface area contributed by atoms with Crippen molar-refractivity contribution in [1.29, 1.82) is 0 Å². The number of aliphatic hydroxyl groups is 2. The molecule has 11 nitrogen and oxygen atoms in total. The van der Waals surface area contributed by atoms with E-state index in [1.165, 1.54) is 51.3 Å². The Morgan fingerprint density at radius 2 is 1.60 bits per heavy atom. The molecule has 0 spiro atoms. The quantitative estimate of drug-likeness (QED) is 0.0372. The van der Waals surface area contributed by atoms with Crippen LogP contribution in [0.3, 0.4) is 0 Å². The summed E-state index contributed by atoms with van der Waals surface area (Å²) in [6.45, 7) is 7.02. The van der Waals surface area contributed by atoms with Gasteiger partial charge in [0.25, 0.3) is 0 Å². The van der Waals surface area contributed by atoms with Crippen LogP contribution in [0.2, 0.25) is 0 Å². The summed E-state index contributed by atoms with van der Waals surface area (Å²) in [6, 6.07) is 20.6. The van der Waals surface area contributed by atoms with Crippen molar-refractivity contribution in [2.75, 3.05) is 26.9 Å². The molecule has 0 aromatic heterocycles. The van der Waals surface area contributed by atoms with Gasteiger partial charge in [0, 0.05) is 50.6 Å². The van der Waals surface area contributed by atoms with Gasteiger partial charge >= 0.3 is 6.09 Å². The smallest absolute Gasteiger partial charge is 0.412 e. The number of hydrogen-bond acceptors (Lipinski definition) is 9. The number of carbonyl (C=O) groups excluding carboxylic acids is 2. The van der Waals surface area contributed by atoms with Gasteiger partial charge in [-0.15, -0.1) is 6.58 Å². The minimum atomic E-state index is -1.46. The third-order valence-electron chi connectivity index (χ3n) is 13.8. The highest BCUT2D eigenvalue weighted by molar-refractivity contribution is 6.03. The van der Waals surface area contributed by atoms with Crippen molar-refractivity contribution >= 4 is 17.7 Å². The lowest BCUT2D eigenvalue weighted by molar-refractivity contribution is -0.258. The number of unbranched alkanes of at least 4 members (excludes halogenated alkanes) is 10. The summed E-state index contributed by atoms with van der Waals surface area (Å²) in [5, 5.41) is 27.5. The van der Waals surface area contributed by atoms with E-state index in [4.69, 9.17) is 24.2 Å². The number of benzene rings is 3. The molecular formula is C55H74FN3O8. The number of amides is 2. The SMILES string of the molecule is C=CCOC12Oc3ccc(OC(=O)NCc4ccccc4)cc3C3C(CCCCO)C(CCCCO)C=C(C(=NOC)CC1N(Cc1ccc(F)cc1)C(=O)CCCCCCCCCCC)C32. The molecule has 6 unspecified atom stereocenters. The van der Waals surface area contributed by atoms with Crippen LogP contribution >= 0.6 is 0 Å². The highest BCUT2D eigenvalue weighted by Gasteiger charge is 2.65. The monoisotopic (exact) mass is 924 g/mol. The lowest BCUT2D eigenvalue weighted by Crippen LogP contribution is -2.70. The summed E-state index contributed by atoms with van der Waals surface area (Å²) in [7, 11) is 1.53. The zero-order valence-electron chi connectivity index (χ0n) is 39.8. The highest BCUT2D eigenvalue weighted by atomic mass is 19.1. The Morgan fingerprint density at radius 3 is 2.28 bits per heavy atom. The minimum Gasteiger partial charge on any atom is -0.459 e. The number of oxime groups is 1. The number of ether oxygens (including phenoxy) is 3. The average Bonchev–Trinajstić information content (AvgIpc) is 3.34. The molecule has 3 aliphatic rings. The van der Waals surface area contributed by atoms with Gasteiger partial charge in [0.2, 0.25) is 11.7 Å². The first kappa shape index (κ1) is 51.4. The summed E-state index contributed by atoms with van der Waals surface area (Å²) in [5.74, 6) is -1.79. The molecule has 0 bridgehead atoms. The molecule has 6 rings (SSSR count). The van der Waals surface area contributed by atoms with Gasteiger partial charge in [-0.05, 0) is 91.0 Å². The van der Waals surface area contributed by atoms with Crippen molar-refractivity contribution < 1.29 is 43.2 Å². The van der Waals surface area contributed by atoms with E-state index in [9.17, 15) is 19.4 Å². The number of rotatable bonds is 28. The zero-order chi connectivity index (χ0) is 47.4. The molecule has 12 heteroatoms. The molecule has 3 N–H and O–H groups in total. The molecule has 6 atom stereocenters. The van der Waals surface area contributed by atoms with Gasteiger partial charge in [0.05, 0.1) is 18.2 Å². The van der Waals surface area contributed by atoms with Crippen molar-refractivity contribution in [3.05, 3.63) is 120 Å². The van der Waals surface area contributed by atoms with E-state index in [1.54, 1.807) is 24.3 Å². The summed E-state index contributed by atoms with van der Waals surface area (Å²) >= 11 is 0. The van der Waals surface area contributed by atoms with Crippen LogP contribution in [-0.2, 0) is 27.5 Å². The van der Waals surface area contributed by atoms with E-state index in [0.717, 1.165) is 73.6 Å². The normalized spacial score (nSPS) is 22.2. The van der Waals surface area contributed by atoms with Crippen LogP contribution in [-0.4, -0.2) is 71.6 Å². The Morgan fingerprint density at radius 1 is 0.896 bits per heavy atom. The molecule has 1 saturated carbocycles. The van der Waals surface area contributed by atoms with Crippen LogP contribution in [0.4, 0.5) is 9.18 Å². The maximum absolute atomic E-state index is 15.0.